The lowest BCUT2D eigenvalue weighted by atomic mass is 10.0. The van der Waals surface area contributed by atoms with Gasteiger partial charge in [0.25, 0.3) is 5.56 Å². The normalized spacial score (nSPS) is 15.6. The van der Waals surface area contributed by atoms with Gasteiger partial charge in [-0.05, 0) is 22.2 Å². The molecule has 0 aliphatic carbocycles. The highest BCUT2D eigenvalue weighted by Crippen LogP contribution is 2.25. The number of hydrogen-bond donors (Lipinski definition) is 0. The minimum absolute atomic E-state index is 0.0469. The van der Waals surface area contributed by atoms with Gasteiger partial charge in [0.2, 0.25) is 0 Å². The van der Waals surface area contributed by atoms with Crippen molar-refractivity contribution < 1.29 is 4.74 Å². The van der Waals surface area contributed by atoms with Crippen molar-refractivity contribution in [2.75, 3.05) is 26.3 Å². The molecule has 1 aliphatic rings. The monoisotopic (exact) mass is 348 g/mol. The summed E-state index contributed by atoms with van der Waals surface area (Å²) in [6.07, 6.45) is 1.95. The summed E-state index contributed by atoms with van der Waals surface area (Å²) in [4.78, 5) is 12.4. The molecule has 0 saturated carbocycles. The SMILES string of the molecule is Cn1cc(-c2cccc([Si]N3CCOCC3)c2)c2ccccc2c1=O. The van der Waals surface area contributed by atoms with Crippen LogP contribution in [-0.4, -0.2) is 45.1 Å². The van der Waals surface area contributed by atoms with E-state index in [9.17, 15) is 4.79 Å². The Kier molecular flexibility index (Phi) is 4.53. The van der Waals surface area contributed by atoms with Gasteiger partial charge in [0, 0.05) is 37.3 Å². The second-order valence-corrected chi connectivity index (χ2v) is 7.73. The van der Waals surface area contributed by atoms with Gasteiger partial charge in [0.15, 0.2) is 9.68 Å². The van der Waals surface area contributed by atoms with Crippen LogP contribution in [0.5, 0.6) is 0 Å². The molecule has 2 heterocycles. The van der Waals surface area contributed by atoms with Gasteiger partial charge in [0.05, 0.1) is 13.2 Å². The molecule has 25 heavy (non-hydrogen) atoms. The van der Waals surface area contributed by atoms with Gasteiger partial charge in [-0.15, -0.1) is 0 Å². The van der Waals surface area contributed by atoms with Crippen LogP contribution in [0.15, 0.2) is 59.5 Å². The topological polar surface area (TPSA) is 34.5 Å². The summed E-state index contributed by atoms with van der Waals surface area (Å²) >= 11 is 0. The van der Waals surface area contributed by atoms with E-state index in [1.54, 1.807) is 4.57 Å². The average Bonchev–Trinajstić information content (AvgIpc) is 2.66. The molecule has 0 spiro atoms. The van der Waals surface area contributed by atoms with E-state index in [0.717, 1.165) is 48.2 Å². The van der Waals surface area contributed by atoms with Gasteiger partial charge >= 0.3 is 0 Å². The molecule has 1 saturated heterocycles. The second-order valence-electron chi connectivity index (χ2n) is 6.30. The van der Waals surface area contributed by atoms with Crippen molar-refractivity contribution in [1.29, 1.82) is 0 Å². The number of aromatic nitrogens is 1. The van der Waals surface area contributed by atoms with Crippen LogP contribution in [0.25, 0.3) is 21.9 Å². The van der Waals surface area contributed by atoms with Gasteiger partial charge in [-0.2, -0.15) is 0 Å². The zero-order valence-corrected chi connectivity index (χ0v) is 15.2. The van der Waals surface area contributed by atoms with Crippen LogP contribution in [0.3, 0.4) is 0 Å². The number of nitrogens with zero attached hydrogens (tertiary/aromatic N) is 2. The Morgan fingerprint density at radius 2 is 1.76 bits per heavy atom. The number of aryl methyl sites for hydroxylation is 1. The number of ether oxygens (including phenoxy) is 1. The third-order valence-electron chi connectivity index (χ3n) is 4.56. The number of pyridine rings is 1. The lowest BCUT2D eigenvalue weighted by molar-refractivity contribution is 0.0730. The van der Waals surface area contributed by atoms with Crippen LogP contribution in [0, 0.1) is 0 Å². The molecule has 5 heteroatoms. The first-order valence-electron chi connectivity index (χ1n) is 8.50. The minimum Gasteiger partial charge on any atom is -0.379 e. The summed E-state index contributed by atoms with van der Waals surface area (Å²) < 4.78 is 9.55. The van der Waals surface area contributed by atoms with Crippen molar-refractivity contribution in [3.8, 4) is 11.1 Å². The molecule has 4 nitrogen and oxygen atoms in total. The van der Waals surface area contributed by atoms with Crippen molar-refractivity contribution in [2.24, 2.45) is 7.05 Å². The molecule has 0 unspecified atom stereocenters. The maximum absolute atomic E-state index is 12.4. The predicted molar refractivity (Wildman–Crippen MR) is 102 cm³/mol. The zero-order chi connectivity index (χ0) is 17.2. The van der Waals surface area contributed by atoms with Crippen molar-refractivity contribution in [1.82, 2.24) is 9.13 Å². The van der Waals surface area contributed by atoms with Crippen molar-refractivity contribution in [3.05, 3.63) is 65.1 Å². The molecule has 126 valence electrons. The lowest BCUT2D eigenvalue weighted by Gasteiger charge is -2.26. The Morgan fingerprint density at radius 1 is 1.00 bits per heavy atom. The first-order valence-corrected chi connectivity index (χ1v) is 9.45. The van der Waals surface area contributed by atoms with Crippen molar-refractivity contribution in [3.63, 3.8) is 0 Å². The molecule has 2 radical (unpaired) electrons. The molecular formula is C20H20N2O2Si. The quantitative estimate of drug-likeness (QED) is 0.677. The molecule has 2 aromatic carbocycles. The molecule has 3 aromatic rings. The Hall–Kier alpha value is -2.21. The molecule has 1 aromatic heterocycles. The molecule has 4 rings (SSSR count). The van der Waals surface area contributed by atoms with E-state index in [0.29, 0.717) is 9.68 Å². The third-order valence-corrected chi connectivity index (χ3v) is 5.90. The summed E-state index contributed by atoms with van der Waals surface area (Å²) in [7, 11) is 2.47. The predicted octanol–water partition coefficient (Wildman–Crippen LogP) is 1.78. The molecule has 0 atom stereocenters. The molecule has 1 aliphatic heterocycles. The molecular weight excluding hydrogens is 328 g/mol. The molecule has 0 N–H and O–H groups in total. The summed E-state index contributed by atoms with van der Waals surface area (Å²) in [6, 6.07) is 16.5. The number of morpholine rings is 1. The van der Waals surface area contributed by atoms with E-state index in [2.05, 4.69) is 28.8 Å². The molecule has 1 fully saturated rings. The molecule has 0 amide bonds. The largest absolute Gasteiger partial charge is 0.379 e. The van der Waals surface area contributed by atoms with Crippen molar-refractivity contribution >= 4 is 25.6 Å². The van der Waals surface area contributed by atoms with E-state index >= 15 is 0 Å². The van der Waals surface area contributed by atoms with Gasteiger partial charge in [-0.3, -0.25) is 4.79 Å². The number of fused-ring (bicyclic) bond motifs is 1. The van der Waals surface area contributed by atoms with E-state index < -0.39 is 0 Å². The average molecular weight is 348 g/mol. The maximum atomic E-state index is 12.4. The molecule has 0 bridgehead atoms. The maximum Gasteiger partial charge on any atom is 0.258 e. The third kappa shape index (κ3) is 3.31. The lowest BCUT2D eigenvalue weighted by Crippen LogP contribution is -2.43. The smallest absolute Gasteiger partial charge is 0.258 e. The van der Waals surface area contributed by atoms with Gasteiger partial charge in [0.1, 0.15) is 0 Å². The summed E-state index contributed by atoms with van der Waals surface area (Å²) in [5.74, 6) is 0. The van der Waals surface area contributed by atoms with Crippen LogP contribution >= 0.6 is 0 Å². The van der Waals surface area contributed by atoms with Crippen LogP contribution in [0.4, 0.5) is 0 Å². The fourth-order valence-corrected chi connectivity index (χ4v) is 4.42. The minimum atomic E-state index is 0.0469. The van der Waals surface area contributed by atoms with Gasteiger partial charge in [-0.1, -0.05) is 42.5 Å². The second kappa shape index (κ2) is 6.96. The fraction of sp³-hybridized carbons (Fsp3) is 0.250. The standard InChI is InChI=1S/C20H20N2O2Si/c1-21-14-19(17-7-2-3-8-18(17)20(21)23)15-5-4-6-16(13-15)25-22-9-11-24-12-10-22/h2-8,13-14H,9-12H2,1H3. The summed E-state index contributed by atoms with van der Waals surface area (Å²) in [6.45, 7) is 3.62. The zero-order valence-electron chi connectivity index (χ0n) is 14.2. The van der Waals surface area contributed by atoms with Crippen LogP contribution in [0.2, 0.25) is 0 Å². The fourth-order valence-electron chi connectivity index (χ4n) is 3.26. The Bertz CT molecular complexity index is 961. The number of benzene rings is 2. The van der Waals surface area contributed by atoms with E-state index in [1.807, 2.05) is 37.5 Å². The van der Waals surface area contributed by atoms with Gasteiger partial charge < -0.3 is 13.9 Å². The van der Waals surface area contributed by atoms with E-state index in [1.165, 1.54) is 5.19 Å². The van der Waals surface area contributed by atoms with Gasteiger partial charge in [-0.25, -0.2) is 0 Å². The Labute approximate surface area is 149 Å². The van der Waals surface area contributed by atoms with Crippen LogP contribution in [0.1, 0.15) is 0 Å². The number of hydrogen-bond acceptors (Lipinski definition) is 3. The number of rotatable bonds is 3. The highest BCUT2D eigenvalue weighted by atomic mass is 28.2. The summed E-state index contributed by atoms with van der Waals surface area (Å²) in [5.41, 5.74) is 2.31. The van der Waals surface area contributed by atoms with Crippen LogP contribution in [-0.2, 0) is 11.8 Å². The van der Waals surface area contributed by atoms with Crippen molar-refractivity contribution in [2.45, 2.75) is 0 Å². The summed E-state index contributed by atoms with van der Waals surface area (Å²) in [5, 5.41) is 3.10. The van der Waals surface area contributed by atoms with Crippen LogP contribution < -0.4 is 10.7 Å². The first-order chi connectivity index (χ1) is 12.2. The first kappa shape index (κ1) is 16.3. The highest BCUT2D eigenvalue weighted by Gasteiger charge is 2.13. The van der Waals surface area contributed by atoms with E-state index in [4.69, 9.17) is 4.74 Å². The Morgan fingerprint density at radius 3 is 2.56 bits per heavy atom. The highest BCUT2D eigenvalue weighted by molar-refractivity contribution is 6.50. The van der Waals surface area contributed by atoms with E-state index in [-0.39, 0.29) is 5.56 Å². The Balaban J connectivity index is 1.75.